The first-order valence-electron chi connectivity index (χ1n) is 8.95. The molecule has 3 heterocycles. The van der Waals surface area contributed by atoms with Gasteiger partial charge in [0.25, 0.3) is 5.92 Å². The molecule has 2 aromatic heterocycles. The summed E-state index contributed by atoms with van der Waals surface area (Å²) in [6.45, 7) is 1.07. The van der Waals surface area contributed by atoms with E-state index in [-0.39, 0.29) is 17.8 Å². The Morgan fingerprint density at radius 1 is 1.07 bits per heavy atom. The Morgan fingerprint density at radius 3 is 2.48 bits per heavy atom. The summed E-state index contributed by atoms with van der Waals surface area (Å²) in [5.41, 5.74) is 0.833. The van der Waals surface area contributed by atoms with Gasteiger partial charge in [-0.15, -0.1) is 0 Å². The van der Waals surface area contributed by atoms with Crippen LogP contribution in [0.2, 0.25) is 0 Å². The van der Waals surface area contributed by atoms with E-state index in [1.54, 1.807) is 18.2 Å². The highest BCUT2D eigenvalue weighted by atomic mass is 19.3. The lowest BCUT2D eigenvalue weighted by molar-refractivity contribution is -0.0267. The molecule has 29 heavy (non-hydrogen) atoms. The number of hydrogen-bond donors (Lipinski definition) is 2. The average molecular weight is 401 g/mol. The molecule has 0 saturated carbocycles. The van der Waals surface area contributed by atoms with Crippen molar-refractivity contribution < 1.29 is 13.2 Å². The van der Waals surface area contributed by atoms with Crippen molar-refractivity contribution in [3.8, 4) is 0 Å². The normalized spacial score (nSPS) is 16.1. The molecule has 0 spiro atoms. The number of anilines is 4. The van der Waals surface area contributed by atoms with Gasteiger partial charge >= 0.3 is 0 Å². The number of nitrogens with zero attached hydrogens (tertiary/aromatic N) is 5. The van der Waals surface area contributed by atoms with Gasteiger partial charge < -0.3 is 15.5 Å². The second kappa shape index (κ2) is 7.53. The largest absolute Gasteiger partial charge is 0.348 e. The molecule has 1 aliphatic rings. The predicted molar refractivity (Wildman–Crippen MR) is 103 cm³/mol. The van der Waals surface area contributed by atoms with Crippen LogP contribution in [0.15, 0.2) is 48.9 Å². The third-order valence-electron chi connectivity index (χ3n) is 4.42. The summed E-state index contributed by atoms with van der Waals surface area (Å²) in [6, 6.07) is 7.41. The van der Waals surface area contributed by atoms with Crippen molar-refractivity contribution in [3.63, 3.8) is 0 Å². The van der Waals surface area contributed by atoms with Crippen molar-refractivity contribution in [2.45, 2.75) is 18.9 Å². The number of nitrogens with one attached hydrogen (secondary N) is 2. The van der Waals surface area contributed by atoms with E-state index >= 15 is 0 Å². The molecule has 1 saturated heterocycles. The lowest BCUT2D eigenvalue weighted by atomic mass is 10.1. The third-order valence-corrected chi connectivity index (χ3v) is 4.42. The van der Waals surface area contributed by atoms with E-state index in [0.29, 0.717) is 17.5 Å². The van der Waals surface area contributed by atoms with Crippen LogP contribution in [-0.4, -0.2) is 38.9 Å². The van der Waals surface area contributed by atoms with E-state index in [9.17, 15) is 13.2 Å². The van der Waals surface area contributed by atoms with Gasteiger partial charge in [-0.05, 0) is 24.6 Å². The van der Waals surface area contributed by atoms with Crippen LogP contribution < -0.4 is 15.5 Å². The van der Waals surface area contributed by atoms with Gasteiger partial charge in [0.15, 0.2) is 0 Å². The van der Waals surface area contributed by atoms with Crippen LogP contribution in [0.25, 0.3) is 0 Å². The number of benzene rings is 1. The van der Waals surface area contributed by atoms with Crippen LogP contribution in [0.5, 0.6) is 0 Å². The second-order valence-electron chi connectivity index (χ2n) is 6.78. The van der Waals surface area contributed by atoms with Gasteiger partial charge in [0.1, 0.15) is 23.3 Å². The number of halogens is 3. The minimum Gasteiger partial charge on any atom is -0.348 e. The van der Waals surface area contributed by atoms with Crippen molar-refractivity contribution in [2.24, 2.45) is 0 Å². The molecule has 1 aromatic carbocycles. The Morgan fingerprint density at radius 2 is 1.83 bits per heavy atom. The Balaban J connectivity index is 1.59. The number of aromatic nitrogens is 4. The van der Waals surface area contributed by atoms with E-state index in [4.69, 9.17) is 0 Å². The standard InChI is InChI=1S/C19H18F3N7/c1-12(13-2-4-14(20)5-3-13)25-18-27-15(26-16-9-23-6-7-24-16)8-17(28-18)29-10-19(21,22)11-29/h2-9,12H,10-11H2,1H3,(H2,24,25,26,27,28)/t12-/m0/s1. The highest BCUT2D eigenvalue weighted by Gasteiger charge is 2.44. The Kier molecular flexibility index (Phi) is 4.91. The second-order valence-corrected chi connectivity index (χ2v) is 6.78. The molecular formula is C19H18F3N7. The van der Waals surface area contributed by atoms with Gasteiger partial charge in [-0.2, -0.15) is 9.97 Å². The van der Waals surface area contributed by atoms with Crippen LogP contribution in [0.3, 0.4) is 0 Å². The SMILES string of the molecule is C[C@H](Nc1nc(Nc2cnccn2)cc(N2CC(F)(F)C2)n1)c1ccc(F)cc1. The molecule has 4 rings (SSSR count). The summed E-state index contributed by atoms with van der Waals surface area (Å²) in [6.07, 6.45) is 4.58. The summed E-state index contributed by atoms with van der Waals surface area (Å²) < 4.78 is 39.8. The smallest absolute Gasteiger partial charge is 0.282 e. The predicted octanol–water partition coefficient (Wildman–Crippen LogP) is 3.78. The number of hydrogen-bond acceptors (Lipinski definition) is 7. The first kappa shape index (κ1) is 18.9. The zero-order valence-electron chi connectivity index (χ0n) is 15.5. The van der Waals surface area contributed by atoms with E-state index in [0.717, 1.165) is 5.56 Å². The van der Waals surface area contributed by atoms with Gasteiger partial charge in [0, 0.05) is 18.5 Å². The summed E-state index contributed by atoms with van der Waals surface area (Å²) in [4.78, 5) is 18.3. The van der Waals surface area contributed by atoms with Crippen molar-refractivity contribution in [3.05, 3.63) is 60.3 Å². The maximum Gasteiger partial charge on any atom is 0.282 e. The summed E-state index contributed by atoms with van der Waals surface area (Å²) >= 11 is 0. The van der Waals surface area contributed by atoms with E-state index < -0.39 is 19.0 Å². The fourth-order valence-electron chi connectivity index (χ4n) is 2.92. The molecule has 0 amide bonds. The van der Waals surface area contributed by atoms with Gasteiger partial charge in [0.2, 0.25) is 5.95 Å². The summed E-state index contributed by atoms with van der Waals surface area (Å²) in [7, 11) is 0. The molecule has 150 valence electrons. The molecule has 7 nitrogen and oxygen atoms in total. The van der Waals surface area contributed by atoms with Crippen molar-refractivity contribution >= 4 is 23.4 Å². The van der Waals surface area contributed by atoms with E-state index in [1.165, 1.54) is 35.6 Å². The zero-order valence-corrected chi connectivity index (χ0v) is 15.5. The van der Waals surface area contributed by atoms with Gasteiger partial charge in [-0.25, -0.2) is 18.2 Å². The van der Waals surface area contributed by atoms with Crippen molar-refractivity contribution in [1.29, 1.82) is 0 Å². The van der Waals surface area contributed by atoms with Crippen LogP contribution in [0.4, 0.5) is 36.6 Å². The minimum atomic E-state index is -2.72. The molecule has 0 aliphatic carbocycles. The molecule has 1 fully saturated rings. The summed E-state index contributed by atoms with van der Waals surface area (Å²) in [5, 5.41) is 6.13. The van der Waals surface area contributed by atoms with Crippen LogP contribution in [-0.2, 0) is 0 Å². The van der Waals surface area contributed by atoms with Gasteiger partial charge in [0.05, 0.1) is 25.3 Å². The molecule has 0 unspecified atom stereocenters. The van der Waals surface area contributed by atoms with Crippen LogP contribution in [0, 0.1) is 5.82 Å². The monoisotopic (exact) mass is 401 g/mol. The molecule has 0 radical (unpaired) electrons. The number of rotatable bonds is 6. The highest BCUT2D eigenvalue weighted by Crippen LogP contribution is 2.32. The highest BCUT2D eigenvalue weighted by molar-refractivity contribution is 5.60. The van der Waals surface area contributed by atoms with Crippen molar-refractivity contribution in [1.82, 2.24) is 19.9 Å². The summed E-state index contributed by atoms with van der Waals surface area (Å²) in [5.74, 6) is -1.58. The Bertz CT molecular complexity index is 975. The number of alkyl halides is 2. The lowest BCUT2D eigenvalue weighted by Gasteiger charge is -2.39. The van der Waals surface area contributed by atoms with E-state index in [1.807, 2.05) is 6.92 Å². The maximum absolute atomic E-state index is 13.3. The Labute approximate surface area is 165 Å². The molecule has 10 heteroatoms. The average Bonchev–Trinajstić information content (AvgIpc) is 2.67. The van der Waals surface area contributed by atoms with Crippen LogP contribution in [0.1, 0.15) is 18.5 Å². The first-order valence-corrected chi connectivity index (χ1v) is 8.95. The van der Waals surface area contributed by atoms with Crippen LogP contribution >= 0.6 is 0 Å². The topological polar surface area (TPSA) is 78.9 Å². The van der Waals surface area contributed by atoms with E-state index in [2.05, 4.69) is 30.6 Å². The molecule has 2 N–H and O–H groups in total. The molecular weight excluding hydrogens is 383 g/mol. The fraction of sp³-hybridized carbons (Fsp3) is 0.263. The molecule has 0 bridgehead atoms. The molecule has 1 atom stereocenters. The first-order chi connectivity index (χ1) is 13.9. The third kappa shape index (κ3) is 4.53. The van der Waals surface area contributed by atoms with Gasteiger partial charge in [-0.3, -0.25) is 4.98 Å². The molecule has 1 aliphatic heterocycles. The maximum atomic E-state index is 13.3. The lowest BCUT2D eigenvalue weighted by Crippen LogP contribution is -2.56. The molecule has 3 aromatic rings. The van der Waals surface area contributed by atoms with Crippen molar-refractivity contribution in [2.75, 3.05) is 28.6 Å². The minimum absolute atomic E-state index is 0.229. The fourth-order valence-corrected chi connectivity index (χ4v) is 2.92. The van der Waals surface area contributed by atoms with Gasteiger partial charge in [-0.1, -0.05) is 12.1 Å². The Hall–Kier alpha value is -3.43. The quantitative estimate of drug-likeness (QED) is 0.651. The zero-order chi connectivity index (χ0) is 20.4.